The Morgan fingerprint density at radius 1 is 1.31 bits per heavy atom. The van der Waals surface area contributed by atoms with E-state index in [2.05, 4.69) is 10.6 Å². The molecule has 0 unspecified atom stereocenters. The maximum atomic E-state index is 13.2. The fourth-order valence-corrected chi connectivity index (χ4v) is 3.46. The van der Waals surface area contributed by atoms with Crippen LogP contribution in [0.4, 0.5) is 16.2 Å². The van der Waals surface area contributed by atoms with Crippen molar-refractivity contribution >= 4 is 47.0 Å². The van der Waals surface area contributed by atoms with E-state index < -0.39 is 35.6 Å². The topological polar surface area (TPSA) is 131 Å². The Labute approximate surface area is 173 Å². The minimum atomic E-state index is -1.18. The molecule has 4 amide bonds. The third-order valence-electron chi connectivity index (χ3n) is 4.58. The van der Waals surface area contributed by atoms with E-state index in [4.69, 9.17) is 10.5 Å². The number of primary amides is 1. The van der Waals surface area contributed by atoms with Gasteiger partial charge in [0.05, 0.1) is 11.4 Å². The third-order valence-corrected chi connectivity index (χ3v) is 5.22. The van der Waals surface area contributed by atoms with Crippen molar-refractivity contribution in [3.05, 3.63) is 24.3 Å². The number of nitrogens with one attached hydrogen (secondary N) is 2. The molecule has 4 N–H and O–H groups in total. The Hall–Kier alpha value is -2.75. The van der Waals surface area contributed by atoms with Crippen LogP contribution in [0.5, 0.6) is 0 Å². The van der Waals surface area contributed by atoms with Gasteiger partial charge in [0.15, 0.2) is 6.10 Å². The van der Waals surface area contributed by atoms with Crippen molar-refractivity contribution in [2.24, 2.45) is 5.73 Å². The Morgan fingerprint density at radius 2 is 1.97 bits per heavy atom. The van der Waals surface area contributed by atoms with Crippen molar-refractivity contribution in [2.45, 2.75) is 44.9 Å². The van der Waals surface area contributed by atoms with Gasteiger partial charge in [-0.05, 0) is 51.3 Å². The molecule has 0 saturated heterocycles. The predicted molar refractivity (Wildman–Crippen MR) is 112 cm³/mol. The van der Waals surface area contributed by atoms with Gasteiger partial charge in [0.25, 0.3) is 5.91 Å². The molecule has 0 radical (unpaired) electrons. The quantitative estimate of drug-likeness (QED) is 0.571. The van der Waals surface area contributed by atoms with Gasteiger partial charge in [0, 0.05) is 0 Å². The maximum absolute atomic E-state index is 13.2. The van der Waals surface area contributed by atoms with Gasteiger partial charge in [0.2, 0.25) is 5.91 Å². The van der Waals surface area contributed by atoms with Gasteiger partial charge in [-0.2, -0.15) is 11.8 Å². The first kappa shape index (κ1) is 22.5. The Kier molecular flexibility index (Phi) is 7.12. The van der Waals surface area contributed by atoms with Gasteiger partial charge >= 0.3 is 12.0 Å². The SMILES string of the molecule is CSCC[C@@H](NC(N)=O)C(=O)O[C@@H](C)C(=O)N1c2ccccc2NC(=O)C1(C)C. The van der Waals surface area contributed by atoms with Gasteiger partial charge in [-0.3, -0.25) is 14.5 Å². The molecule has 10 heteroatoms. The number of ether oxygens (including phenoxy) is 1. The summed E-state index contributed by atoms with van der Waals surface area (Å²) in [4.78, 5) is 50.7. The summed E-state index contributed by atoms with van der Waals surface area (Å²) in [5, 5.41) is 5.11. The maximum Gasteiger partial charge on any atom is 0.329 e. The Bertz CT molecular complexity index is 814. The first-order valence-electron chi connectivity index (χ1n) is 9.09. The van der Waals surface area contributed by atoms with Crippen LogP contribution < -0.4 is 21.3 Å². The van der Waals surface area contributed by atoms with E-state index >= 15 is 0 Å². The number of nitrogens with two attached hydrogens (primary N) is 1. The van der Waals surface area contributed by atoms with E-state index in [1.54, 1.807) is 38.1 Å². The highest BCUT2D eigenvalue weighted by molar-refractivity contribution is 7.98. The zero-order valence-electron chi connectivity index (χ0n) is 16.9. The van der Waals surface area contributed by atoms with Gasteiger partial charge in [-0.15, -0.1) is 0 Å². The number of para-hydroxylation sites is 2. The minimum Gasteiger partial charge on any atom is -0.451 e. The van der Waals surface area contributed by atoms with Crippen LogP contribution in [0.3, 0.4) is 0 Å². The zero-order valence-corrected chi connectivity index (χ0v) is 17.7. The lowest BCUT2D eigenvalue weighted by atomic mass is 9.95. The summed E-state index contributed by atoms with van der Waals surface area (Å²) in [5.74, 6) is -1.06. The molecule has 2 atom stereocenters. The van der Waals surface area contributed by atoms with E-state index in [9.17, 15) is 19.2 Å². The monoisotopic (exact) mass is 422 g/mol. The second-order valence-corrected chi connectivity index (χ2v) is 8.11. The summed E-state index contributed by atoms with van der Waals surface area (Å²) in [5.41, 5.74) is 4.96. The minimum absolute atomic E-state index is 0.310. The largest absolute Gasteiger partial charge is 0.451 e. The van der Waals surface area contributed by atoms with Crippen molar-refractivity contribution < 1.29 is 23.9 Å². The number of carbonyl (C=O) groups is 4. The third kappa shape index (κ3) is 5.00. The number of anilines is 2. The molecule has 1 aliphatic heterocycles. The Morgan fingerprint density at radius 3 is 2.59 bits per heavy atom. The number of amides is 4. The number of thioether (sulfide) groups is 1. The number of esters is 1. The van der Waals surface area contributed by atoms with Gasteiger partial charge in [-0.1, -0.05) is 12.1 Å². The van der Waals surface area contributed by atoms with Crippen LogP contribution >= 0.6 is 11.8 Å². The molecule has 1 aliphatic rings. The number of urea groups is 1. The highest BCUT2D eigenvalue weighted by Crippen LogP contribution is 2.37. The van der Waals surface area contributed by atoms with Crippen molar-refractivity contribution in [1.29, 1.82) is 0 Å². The predicted octanol–water partition coefficient (Wildman–Crippen LogP) is 1.47. The molecule has 0 fully saturated rings. The number of benzene rings is 1. The molecule has 0 bridgehead atoms. The van der Waals surface area contributed by atoms with E-state index in [-0.39, 0.29) is 5.91 Å². The fourth-order valence-electron chi connectivity index (χ4n) is 2.99. The summed E-state index contributed by atoms with van der Waals surface area (Å²) in [6.07, 6.45) is 0.997. The molecule has 0 aliphatic carbocycles. The molecule has 2 rings (SSSR count). The van der Waals surface area contributed by atoms with Gasteiger partial charge in [0.1, 0.15) is 11.6 Å². The lowest BCUT2D eigenvalue weighted by Crippen LogP contribution is -2.61. The van der Waals surface area contributed by atoms with Gasteiger partial charge < -0.3 is 21.1 Å². The average Bonchev–Trinajstić information content (AvgIpc) is 2.65. The zero-order chi connectivity index (χ0) is 21.8. The number of hydrogen-bond acceptors (Lipinski definition) is 6. The molecular weight excluding hydrogens is 396 g/mol. The lowest BCUT2D eigenvalue weighted by molar-refractivity contribution is -0.156. The van der Waals surface area contributed by atoms with Crippen molar-refractivity contribution in [3.63, 3.8) is 0 Å². The summed E-state index contributed by atoms with van der Waals surface area (Å²) in [6, 6.07) is 5.08. The fraction of sp³-hybridized carbons (Fsp3) is 0.474. The molecule has 158 valence electrons. The normalized spacial score (nSPS) is 16.8. The first-order chi connectivity index (χ1) is 13.6. The van der Waals surface area contributed by atoms with Gasteiger partial charge in [-0.25, -0.2) is 9.59 Å². The lowest BCUT2D eigenvalue weighted by Gasteiger charge is -2.42. The number of nitrogens with zero attached hydrogens (tertiary/aromatic N) is 1. The van der Waals surface area contributed by atoms with E-state index in [0.717, 1.165) is 0 Å². The average molecular weight is 423 g/mol. The number of carbonyl (C=O) groups excluding carboxylic acids is 4. The summed E-state index contributed by atoms with van der Waals surface area (Å²) in [7, 11) is 0. The number of fused-ring (bicyclic) bond motifs is 1. The standard InChI is InChI=1S/C19H26N4O5S/c1-11(28-16(25)13(9-10-29-4)22-18(20)27)15(24)23-14-8-6-5-7-12(14)21-17(26)19(23,2)3/h5-8,11,13H,9-10H2,1-4H3,(H,21,26)(H3,20,22,27)/t11-,13+/m0/s1. The van der Waals surface area contributed by atoms with Crippen molar-refractivity contribution in [3.8, 4) is 0 Å². The molecular formula is C19H26N4O5S. The van der Waals surface area contributed by atoms with E-state index in [1.165, 1.54) is 23.6 Å². The molecule has 0 aromatic heterocycles. The van der Waals surface area contributed by atoms with Crippen LogP contribution in [0.25, 0.3) is 0 Å². The van der Waals surface area contributed by atoms with Crippen LogP contribution in [0.2, 0.25) is 0 Å². The Balaban J connectivity index is 2.22. The van der Waals surface area contributed by atoms with Crippen LogP contribution in [-0.2, 0) is 19.1 Å². The highest BCUT2D eigenvalue weighted by atomic mass is 32.2. The number of hydrogen-bond donors (Lipinski definition) is 3. The van der Waals surface area contributed by atoms with Crippen molar-refractivity contribution in [1.82, 2.24) is 5.32 Å². The molecule has 1 heterocycles. The summed E-state index contributed by atoms with van der Waals surface area (Å²) < 4.78 is 5.33. The highest BCUT2D eigenvalue weighted by Gasteiger charge is 2.45. The molecule has 1 aromatic carbocycles. The van der Waals surface area contributed by atoms with Crippen LogP contribution in [0.15, 0.2) is 24.3 Å². The molecule has 0 spiro atoms. The summed E-state index contributed by atoms with van der Waals surface area (Å²) in [6.45, 7) is 4.66. The smallest absolute Gasteiger partial charge is 0.329 e. The summed E-state index contributed by atoms with van der Waals surface area (Å²) >= 11 is 1.50. The van der Waals surface area contributed by atoms with E-state index in [0.29, 0.717) is 23.5 Å². The van der Waals surface area contributed by atoms with Crippen LogP contribution in [0.1, 0.15) is 27.2 Å². The first-order valence-corrected chi connectivity index (χ1v) is 10.5. The number of rotatable bonds is 7. The van der Waals surface area contributed by atoms with Crippen molar-refractivity contribution in [2.75, 3.05) is 22.2 Å². The second kappa shape index (κ2) is 9.17. The van der Waals surface area contributed by atoms with Crippen LogP contribution in [-0.4, -0.2) is 53.5 Å². The molecule has 0 saturated carbocycles. The molecule has 9 nitrogen and oxygen atoms in total. The molecule has 29 heavy (non-hydrogen) atoms. The van der Waals surface area contributed by atoms with Crippen LogP contribution in [0, 0.1) is 0 Å². The van der Waals surface area contributed by atoms with E-state index in [1.807, 2.05) is 6.26 Å². The molecule has 1 aromatic rings. The second-order valence-electron chi connectivity index (χ2n) is 7.13.